The molecule has 0 atom stereocenters. The Balaban J connectivity index is 1.89. The summed E-state index contributed by atoms with van der Waals surface area (Å²) in [7, 11) is 0. The number of rotatable bonds is 0. The monoisotopic (exact) mass is 199 g/mol. The van der Waals surface area contributed by atoms with Crippen LogP contribution in [0.4, 0.5) is 0 Å². The zero-order valence-corrected chi connectivity index (χ0v) is 8.48. The van der Waals surface area contributed by atoms with E-state index in [0.29, 0.717) is 0 Å². The van der Waals surface area contributed by atoms with Crippen molar-refractivity contribution >= 4 is 12.0 Å². The Morgan fingerprint density at radius 1 is 1.27 bits per heavy atom. The van der Waals surface area contributed by atoms with Gasteiger partial charge in [0.15, 0.2) is 5.96 Å². The standard InChI is InChI=1S/C12H13N3/c1-2-4-11-9-15(8-5-10(11)3-1)12-13-6-7-14-12/h1-5,8H,6-7,9H2,(H,13,14). The SMILES string of the molecule is C1=CN(C2=NCCN2)Cc2ccccc21. The summed E-state index contributed by atoms with van der Waals surface area (Å²) < 4.78 is 0. The topological polar surface area (TPSA) is 27.6 Å². The molecule has 0 aromatic heterocycles. The van der Waals surface area contributed by atoms with Gasteiger partial charge in [-0.1, -0.05) is 24.3 Å². The van der Waals surface area contributed by atoms with Crippen molar-refractivity contribution < 1.29 is 0 Å². The molecule has 0 unspecified atom stereocenters. The van der Waals surface area contributed by atoms with Crippen LogP contribution < -0.4 is 5.32 Å². The van der Waals surface area contributed by atoms with Crippen LogP contribution >= 0.6 is 0 Å². The van der Waals surface area contributed by atoms with Crippen LogP contribution in [0.5, 0.6) is 0 Å². The summed E-state index contributed by atoms with van der Waals surface area (Å²) in [5, 5.41) is 3.28. The van der Waals surface area contributed by atoms with E-state index in [4.69, 9.17) is 0 Å². The van der Waals surface area contributed by atoms with Crippen LogP contribution in [0.3, 0.4) is 0 Å². The number of guanidine groups is 1. The predicted molar refractivity (Wildman–Crippen MR) is 61.3 cm³/mol. The van der Waals surface area contributed by atoms with E-state index in [1.165, 1.54) is 11.1 Å². The second kappa shape index (κ2) is 3.42. The van der Waals surface area contributed by atoms with Gasteiger partial charge in [-0.2, -0.15) is 0 Å². The molecule has 0 bridgehead atoms. The van der Waals surface area contributed by atoms with Crippen molar-refractivity contribution in [2.24, 2.45) is 4.99 Å². The van der Waals surface area contributed by atoms with E-state index in [1.807, 2.05) is 0 Å². The van der Waals surface area contributed by atoms with Crippen LogP contribution in [0, 0.1) is 0 Å². The summed E-state index contributed by atoms with van der Waals surface area (Å²) in [6.07, 6.45) is 4.24. The molecule has 1 aromatic rings. The lowest BCUT2D eigenvalue weighted by Crippen LogP contribution is -2.35. The molecule has 2 heterocycles. The van der Waals surface area contributed by atoms with Gasteiger partial charge in [-0.25, -0.2) is 0 Å². The zero-order valence-electron chi connectivity index (χ0n) is 8.48. The lowest BCUT2D eigenvalue weighted by molar-refractivity contribution is 0.532. The Bertz CT molecular complexity index is 434. The van der Waals surface area contributed by atoms with E-state index in [-0.39, 0.29) is 0 Å². The first-order chi connectivity index (χ1) is 7.43. The quantitative estimate of drug-likeness (QED) is 0.684. The van der Waals surface area contributed by atoms with Gasteiger partial charge in [-0.05, 0) is 17.2 Å². The van der Waals surface area contributed by atoms with Crippen molar-refractivity contribution in [3.05, 3.63) is 41.6 Å². The van der Waals surface area contributed by atoms with Gasteiger partial charge in [0, 0.05) is 12.7 Å². The molecule has 1 aromatic carbocycles. The molecule has 0 amide bonds. The molecule has 15 heavy (non-hydrogen) atoms. The van der Waals surface area contributed by atoms with Crippen molar-refractivity contribution in [3.63, 3.8) is 0 Å². The molecule has 1 N–H and O–H groups in total. The molecule has 3 rings (SSSR count). The maximum Gasteiger partial charge on any atom is 0.198 e. The third-order valence-corrected chi connectivity index (χ3v) is 2.76. The number of hydrogen-bond donors (Lipinski definition) is 1. The number of benzene rings is 1. The molecule has 0 radical (unpaired) electrons. The first kappa shape index (κ1) is 8.53. The maximum atomic E-state index is 4.41. The molecule has 3 nitrogen and oxygen atoms in total. The van der Waals surface area contributed by atoms with E-state index in [2.05, 4.69) is 51.8 Å². The van der Waals surface area contributed by atoms with Crippen molar-refractivity contribution in [2.45, 2.75) is 6.54 Å². The van der Waals surface area contributed by atoms with Gasteiger partial charge in [-0.3, -0.25) is 4.99 Å². The van der Waals surface area contributed by atoms with E-state index in [9.17, 15) is 0 Å². The molecule has 2 aliphatic heterocycles. The second-order valence-corrected chi connectivity index (χ2v) is 3.77. The second-order valence-electron chi connectivity index (χ2n) is 3.77. The Labute approximate surface area is 89.1 Å². The highest BCUT2D eigenvalue weighted by atomic mass is 15.3. The van der Waals surface area contributed by atoms with Crippen LogP contribution in [0.15, 0.2) is 35.5 Å². The van der Waals surface area contributed by atoms with Crippen LogP contribution in [0.1, 0.15) is 11.1 Å². The highest BCUT2D eigenvalue weighted by molar-refractivity contribution is 5.83. The molecule has 0 spiro atoms. The molecule has 0 aliphatic carbocycles. The lowest BCUT2D eigenvalue weighted by atomic mass is 10.0. The number of nitrogens with one attached hydrogen (secondary N) is 1. The van der Waals surface area contributed by atoms with Gasteiger partial charge in [0.05, 0.1) is 13.1 Å². The number of aliphatic imine (C=N–C) groups is 1. The van der Waals surface area contributed by atoms with Gasteiger partial charge in [0.1, 0.15) is 0 Å². The fourth-order valence-corrected chi connectivity index (χ4v) is 1.97. The average Bonchev–Trinajstić information content (AvgIpc) is 2.82. The summed E-state index contributed by atoms with van der Waals surface area (Å²) in [5.74, 6) is 1.00. The molecular formula is C12H13N3. The fraction of sp³-hybridized carbons (Fsp3) is 0.250. The Kier molecular flexibility index (Phi) is 1.95. The van der Waals surface area contributed by atoms with Crippen LogP contribution in [-0.4, -0.2) is 23.9 Å². The largest absolute Gasteiger partial charge is 0.354 e. The fourth-order valence-electron chi connectivity index (χ4n) is 1.97. The van der Waals surface area contributed by atoms with Gasteiger partial charge in [-0.15, -0.1) is 0 Å². The van der Waals surface area contributed by atoms with E-state index >= 15 is 0 Å². The van der Waals surface area contributed by atoms with Gasteiger partial charge >= 0.3 is 0 Å². The third-order valence-electron chi connectivity index (χ3n) is 2.76. The summed E-state index contributed by atoms with van der Waals surface area (Å²) >= 11 is 0. The third kappa shape index (κ3) is 1.50. The summed E-state index contributed by atoms with van der Waals surface area (Å²) in [4.78, 5) is 6.57. The molecule has 3 heteroatoms. The van der Waals surface area contributed by atoms with Gasteiger partial charge in [0.2, 0.25) is 0 Å². The first-order valence-corrected chi connectivity index (χ1v) is 5.24. The van der Waals surface area contributed by atoms with Gasteiger partial charge < -0.3 is 10.2 Å². The first-order valence-electron chi connectivity index (χ1n) is 5.24. The smallest absolute Gasteiger partial charge is 0.198 e. The summed E-state index contributed by atoms with van der Waals surface area (Å²) in [5.41, 5.74) is 2.67. The molecular weight excluding hydrogens is 186 g/mol. The van der Waals surface area contributed by atoms with Crippen molar-refractivity contribution in [3.8, 4) is 0 Å². The van der Waals surface area contributed by atoms with Crippen LogP contribution in [0.2, 0.25) is 0 Å². The summed E-state index contributed by atoms with van der Waals surface area (Å²) in [6, 6.07) is 8.47. The van der Waals surface area contributed by atoms with Gasteiger partial charge in [0.25, 0.3) is 0 Å². The highest BCUT2D eigenvalue weighted by Crippen LogP contribution is 2.19. The molecule has 2 aliphatic rings. The minimum atomic E-state index is 0.890. The molecule has 0 fully saturated rings. The predicted octanol–water partition coefficient (Wildman–Crippen LogP) is 1.43. The van der Waals surface area contributed by atoms with Crippen molar-refractivity contribution in [1.29, 1.82) is 0 Å². The lowest BCUT2D eigenvalue weighted by Gasteiger charge is -2.24. The van der Waals surface area contributed by atoms with Crippen molar-refractivity contribution in [1.82, 2.24) is 10.2 Å². The van der Waals surface area contributed by atoms with Crippen LogP contribution in [-0.2, 0) is 6.54 Å². The average molecular weight is 199 g/mol. The van der Waals surface area contributed by atoms with E-state index < -0.39 is 0 Å². The minimum absolute atomic E-state index is 0.890. The van der Waals surface area contributed by atoms with E-state index in [1.54, 1.807) is 0 Å². The molecule has 0 saturated carbocycles. The minimum Gasteiger partial charge on any atom is -0.354 e. The Morgan fingerprint density at radius 3 is 3.07 bits per heavy atom. The molecule has 0 saturated heterocycles. The zero-order chi connectivity index (χ0) is 10.1. The highest BCUT2D eigenvalue weighted by Gasteiger charge is 2.16. The normalized spacial score (nSPS) is 18.4. The molecule has 76 valence electrons. The Hall–Kier alpha value is -1.77. The van der Waals surface area contributed by atoms with E-state index in [0.717, 1.165) is 25.6 Å². The number of nitrogens with zero attached hydrogens (tertiary/aromatic N) is 2. The summed E-state index contributed by atoms with van der Waals surface area (Å²) in [6.45, 7) is 2.77. The Morgan fingerprint density at radius 2 is 2.20 bits per heavy atom. The maximum absolute atomic E-state index is 4.41. The van der Waals surface area contributed by atoms with Crippen LogP contribution in [0.25, 0.3) is 6.08 Å². The number of fused-ring (bicyclic) bond motifs is 1. The number of hydrogen-bond acceptors (Lipinski definition) is 3. The van der Waals surface area contributed by atoms with Crippen molar-refractivity contribution in [2.75, 3.05) is 13.1 Å².